The Morgan fingerprint density at radius 1 is 0.571 bits per heavy atom. The minimum absolute atomic E-state index is 0.156. The summed E-state index contributed by atoms with van der Waals surface area (Å²) < 4.78 is 267. The summed E-state index contributed by atoms with van der Waals surface area (Å²) in [6.07, 6.45) is -6.87. The fourth-order valence-electron chi connectivity index (χ4n) is 3.67. The average Bonchev–Trinajstić information content (AvgIpc) is 2.92. The van der Waals surface area contributed by atoms with E-state index in [1.165, 1.54) is 0 Å². The molecule has 0 aromatic carbocycles. The van der Waals surface area contributed by atoms with E-state index in [0.717, 1.165) is 32.1 Å². The summed E-state index contributed by atoms with van der Waals surface area (Å²) in [7, 11) is -5.56. The molecule has 0 amide bonds. The maximum atomic E-state index is 13.9. The van der Waals surface area contributed by atoms with Gasteiger partial charge in [0.1, 0.15) is 0 Å². The number of unbranched alkanes of at least 4 members (excludes halogenated alkanes) is 7. The molecule has 25 heteroatoms. The lowest BCUT2D eigenvalue weighted by molar-refractivity contribution is -0.461. The van der Waals surface area contributed by atoms with Gasteiger partial charge in [-0.15, -0.1) is 0 Å². The van der Waals surface area contributed by atoms with Gasteiger partial charge in [-0.25, -0.2) is 0 Å². The van der Waals surface area contributed by atoms with Crippen molar-refractivity contribution in [3.63, 3.8) is 0 Å². The van der Waals surface area contributed by atoms with E-state index in [0.29, 0.717) is 12.8 Å². The molecule has 0 aromatic heterocycles. The summed E-state index contributed by atoms with van der Waals surface area (Å²) >= 11 is 0. The molecule has 0 saturated heterocycles. The van der Waals surface area contributed by atoms with Crippen molar-refractivity contribution in [2.45, 2.75) is 124 Å². The lowest BCUT2D eigenvalue weighted by Crippen LogP contribution is -2.74. The highest BCUT2D eigenvalue weighted by atomic mass is 32.2. The normalized spacial score (nSPS) is 15.2. The first kappa shape index (κ1) is 46.7. The number of esters is 2. The van der Waals surface area contributed by atoms with Crippen LogP contribution in [0.3, 0.4) is 0 Å². The van der Waals surface area contributed by atoms with E-state index in [1.54, 1.807) is 0 Å². The summed E-state index contributed by atoms with van der Waals surface area (Å²) in [6.45, 7) is -0.829. The number of halogens is 17. The minimum atomic E-state index is -8.80. The third kappa shape index (κ3) is 10.1. The van der Waals surface area contributed by atoms with Gasteiger partial charge in [0.15, 0.2) is 5.25 Å². The second-order valence-electron chi connectivity index (χ2n) is 10.5. The first-order valence-electron chi connectivity index (χ1n) is 13.7. The Morgan fingerprint density at radius 3 is 1.37 bits per heavy atom. The monoisotopic (exact) mass is 784 g/mol. The van der Waals surface area contributed by atoms with Crippen molar-refractivity contribution >= 4 is 22.1 Å². The van der Waals surface area contributed by atoms with Crippen LogP contribution in [0.5, 0.6) is 0 Å². The molecule has 0 saturated carbocycles. The second kappa shape index (κ2) is 16.3. The van der Waals surface area contributed by atoms with Crippen LogP contribution in [0.2, 0.25) is 0 Å². The van der Waals surface area contributed by atoms with Crippen LogP contribution in [0.4, 0.5) is 74.6 Å². The molecule has 1 unspecified atom stereocenters. The first-order chi connectivity index (χ1) is 21.7. The van der Waals surface area contributed by atoms with Gasteiger partial charge >= 0.3 is 59.6 Å². The van der Waals surface area contributed by atoms with Crippen LogP contribution in [0.25, 0.3) is 0 Å². The van der Waals surface area contributed by atoms with Crippen LogP contribution in [0.15, 0.2) is 0 Å². The summed E-state index contributed by atoms with van der Waals surface area (Å²) in [6, 6.07) is 0. The van der Waals surface area contributed by atoms with Gasteiger partial charge in [-0.3, -0.25) is 14.1 Å². The minimum Gasteiger partial charge on any atom is -0.465 e. The standard InChI is InChI=1S/C24H29F17O7S/c1-2-3-4-5-6-7-8-9-11-48-16(43)14(49(44,45)46)13-15(42)47-12-10-17(25,26)18(27,28)19(29,30)20(31,32)21(33,34)22(35,36)23(37,38)24(39,40)41/h14H,2-13H2,1H3,(H,44,45,46). The molecule has 0 aliphatic rings. The zero-order valence-electron chi connectivity index (χ0n) is 24.8. The van der Waals surface area contributed by atoms with Crippen LogP contribution in [-0.2, 0) is 29.2 Å². The highest BCUT2D eigenvalue weighted by Gasteiger charge is 2.95. The molecule has 1 N–H and O–H groups in total. The molecule has 0 radical (unpaired) electrons. The van der Waals surface area contributed by atoms with Gasteiger partial charge in [0, 0.05) is 0 Å². The number of alkyl halides is 17. The molecule has 0 aliphatic heterocycles. The average molecular weight is 785 g/mol. The molecule has 0 fully saturated rings. The molecule has 0 aromatic rings. The van der Waals surface area contributed by atoms with Crippen molar-refractivity contribution in [1.82, 2.24) is 0 Å². The topological polar surface area (TPSA) is 107 Å². The van der Waals surface area contributed by atoms with Gasteiger partial charge in [-0.2, -0.15) is 83.1 Å². The Balaban J connectivity index is 5.63. The summed E-state index contributed by atoms with van der Waals surface area (Å²) in [5, 5.41) is -2.85. The first-order valence-corrected chi connectivity index (χ1v) is 15.2. The largest absolute Gasteiger partial charge is 0.465 e. The number of hydrogen-bond donors (Lipinski definition) is 1. The second-order valence-corrected chi connectivity index (χ2v) is 12.1. The lowest BCUT2D eigenvalue weighted by Gasteiger charge is -2.42. The third-order valence-corrected chi connectivity index (χ3v) is 7.76. The number of rotatable bonds is 22. The third-order valence-electron chi connectivity index (χ3n) is 6.68. The molecule has 0 heterocycles. The molecule has 1 atom stereocenters. The van der Waals surface area contributed by atoms with E-state index in [-0.39, 0.29) is 6.42 Å². The lowest BCUT2D eigenvalue weighted by atomic mass is 9.88. The Kier molecular flexibility index (Phi) is 15.6. The van der Waals surface area contributed by atoms with Crippen molar-refractivity contribution < 1.29 is 107 Å². The Morgan fingerprint density at radius 2 is 0.959 bits per heavy atom. The van der Waals surface area contributed by atoms with Gasteiger partial charge in [0.25, 0.3) is 10.1 Å². The Labute approximate surface area is 266 Å². The Hall–Kier alpha value is -2.34. The van der Waals surface area contributed by atoms with Crippen LogP contribution in [0.1, 0.15) is 71.1 Å². The van der Waals surface area contributed by atoms with Gasteiger partial charge in [-0.1, -0.05) is 51.9 Å². The Bertz CT molecular complexity index is 1200. The zero-order chi connectivity index (χ0) is 39.1. The summed E-state index contributed by atoms with van der Waals surface area (Å²) in [5.41, 5.74) is 0. The van der Waals surface area contributed by atoms with E-state index in [1.807, 2.05) is 6.92 Å². The van der Waals surface area contributed by atoms with E-state index < -0.39 is 101 Å². The van der Waals surface area contributed by atoms with E-state index in [2.05, 4.69) is 9.47 Å². The maximum Gasteiger partial charge on any atom is 0.460 e. The van der Waals surface area contributed by atoms with Crippen molar-refractivity contribution in [2.75, 3.05) is 13.2 Å². The maximum absolute atomic E-state index is 13.9. The quantitative estimate of drug-likeness (QED) is 0.0510. The molecule has 292 valence electrons. The van der Waals surface area contributed by atoms with E-state index >= 15 is 0 Å². The summed E-state index contributed by atoms with van der Waals surface area (Å²) in [5.74, 6) is -61.9. The molecule has 0 aliphatic carbocycles. The molecule has 49 heavy (non-hydrogen) atoms. The predicted octanol–water partition coefficient (Wildman–Crippen LogP) is 8.26. The van der Waals surface area contributed by atoms with Crippen molar-refractivity contribution in [2.24, 2.45) is 0 Å². The smallest absolute Gasteiger partial charge is 0.460 e. The molecule has 0 bridgehead atoms. The molecule has 0 rings (SSSR count). The molecule has 0 spiro atoms. The zero-order valence-corrected chi connectivity index (χ0v) is 25.6. The van der Waals surface area contributed by atoms with Gasteiger partial charge in [-0.05, 0) is 6.42 Å². The number of carbonyl (C=O) groups is 2. The fraction of sp³-hybridized carbons (Fsp3) is 0.917. The highest BCUT2D eigenvalue weighted by Crippen LogP contribution is 2.64. The van der Waals surface area contributed by atoms with Crippen LogP contribution < -0.4 is 0 Å². The molecule has 7 nitrogen and oxygen atoms in total. The van der Waals surface area contributed by atoms with E-state index in [4.69, 9.17) is 4.55 Å². The molecular weight excluding hydrogens is 755 g/mol. The van der Waals surface area contributed by atoms with Crippen LogP contribution in [0, 0.1) is 0 Å². The summed E-state index contributed by atoms with van der Waals surface area (Å²) in [4.78, 5) is 23.8. The van der Waals surface area contributed by atoms with Crippen molar-refractivity contribution in [1.29, 1.82) is 0 Å². The number of ether oxygens (including phenoxy) is 2. The van der Waals surface area contributed by atoms with Crippen LogP contribution >= 0.6 is 0 Å². The predicted molar refractivity (Wildman–Crippen MR) is 130 cm³/mol. The molecular formula is C24H29F17O7S. The van der Waals surface area contributed by atoms with Gasteiger partial charge in [0.2, 0.25) is 0 Å². The van der Waals surface area contributed by atoms with E-state index in [9.17, 15) is 92.6 Å². The number of hydrogen-bond acceptors (Lipinski definition) is 6. The van der Waals surface area contributed by atoms with Gasteiger partial charge < -0.3 is 9.47 Å². The number of carbonyl (C=O) groups excluding carboxylic acids is 2. The van der Waals surface area contributed by atoms with Crippen LogP contribution in [-0.4, -0.2) is 91.0 Å². The van der Waals surface area contributed by atoms with Crippen molar-refractivity contribution in [3.8, 4) is 0 Å². The highest BCUT2D eigenvalue weighted by molar-refractivity contribution is 7.87. The van der Waals surface area contributed by atoms with Crippen molar-refractivity contribution in [3.05, 3.63) is 0 Å². The SMILES string of the molecule is CCCCCCCCCCOC(=O)C(CC(=O)OCCC(F)(F)C(F)(F)C(F)(F)C(F)(F)C(F)(F)C(F)(F)C(F)(F)C(F)(F)F)S(=O)(=O)O. The fourth-order valence-corrected chi connectivity index (χ4v) is 4.33. The van der Waals surface area contributed by atoms with Gasteiger partial charge in [0.05, 0.1) is 26.1 Å².